The number of hydrogen-bond donors (Lipinski definition) is 0. The summed E-state index contributed by atoms with van der Waals surface area (Å²) in [4.78, 5) is 29.3. The predicted molar refractivity (Wildman–Crippen MR) is 112 cm³/mol. The number of aryl methyl sites for hydroxylation is 3. The van der Waals surface area contributed by atoms with Crippen molar-refractivity contribution in [2.24, 2.45) is 0 Å². The molecule has 0 bridgehead atoms. The average Bonchev–Trinajstić information content (AvgIpc) is 2.69. The van der Waals surface area contributed by atoms with Crippen LogP contribution < -0.4 is 9.80 Å². The summed E-state index contributed by atoms with van der Waals surface area (Å²) in [5.74, 6) is -0.691. The van der Waals surface area contributed by atoms with Crippen molar-refractivity contribution in [2.75, 3.05) is 23.0 Å². The van der Waals surface area contributed by atoms with Crippen LogP contribution in [0.15, 0.2) is 30.3 Å². The van der Waals surface area contributed by atoms with Gasteiger partial charge < -0.3 is 9.64 Å². The molecule has 1 atom stereocenters. The predicted octanol–water partition coefficient (Wildman–Crippen LogP) is 5.15. The molecule has 29 heavy (non-hydrogen) atoms. The highest BCUT2D eigenvalue weighted by atomic mass is 19.1. The lowest BCUT2D eigenvalue weighted by Gasteiger charge is -2.42. The molecule has 3 rings (SSSR count). The topological polar surface area (TPSA) is 49.9 Å². The van der Waals surface area contributed by atoms with Crippen molar-refractivity contribution >= 4 is 23.4 Å². The second-order valence-corrected chi connectivity index (χ2v) is 7.44. The van der Waals surface area contributed by atoms with Crippen molar-refractivity contribution < 1.29 is 18.7 Å². The van der Waals surface area contributed by atoms with E-state index >= 15 is 0 Å². The Morgan fingerprint density at radius 3 is 2.28 bits per heavy atom. The van der Waals surface area contributed by atoms with Crippen LogP contribution in [-0.2, 0) is 4.74 Å². The van der Waals surface area contributed by atoms with Crippen molar-refractivity contribution in [3.8, 4) is 0 Å². The normalized spacial score (nSPS) is 15.9. The molecule has 1 aliphatic heterocycles. The van der Waals surface area contributed by atoms with Gasteiger partial charge in [0.2, 0.25) is 0 Å². The third-order valence-corrected chi connectivity index (χ3v) is 5.50. The Kier molecular flexibility index (Phi) is 5.91. The van der Waals surface area contributed by atoms with Gasteiger partial charge in [-0.25, -0.2) is 9.18 Å². The standard InChI is InChI=1S/C23H27FN2O3/c1-6-18-13-25(22(27)17-9-8-14(3)19(24)12-17)20-10-15(4)16(5)11-21(20)26(18)23(28)29-7-2/h8-12,18H,6-7,13H2,1-5H3. The Morgan fingerprint density at radius 2 is 1.69 bits per heavy atom. The van der Waals surface area contributed by atoms with Gasteiger partial charge in [0.1, 0.15) is 5.82 Å². The number of hydrogen-bond acceptors (Lipinski definition) is 3. The number of ether oxygens (including phenoxy) is 1. The molecular weight excluding hydrogens is 371 g/mol. The fourth-order valence-electron chi connectivity index (χ4n) is 3.61. The highest BCUT2D eigenvalue weighted by Crippen LogP contribution is 2.39. The van der Waals surface area contributed by atoms with Crippen LogP contribution in [0, 0.1) is 26.6 Å². The molecule has 154 valence electrons. The average molecular weight is 398 g/mol. The first-order valence-electron chi connectivity index (χ1n) is 9.93. The van der Waals surface area contributed by atoms with Crippen LogP contribution in [0.4, 0.5) is 20.6 Å². The molecule has 1 heterocycles. The third-order valence-electron chi connectivity index (χ3n) is 5.50. The van der Waals surface area contributed by atoms with E-state index in [1.54, 1.807) is 35.8 Å². The Hall–Kier alpha value is -2.89. The second kappa shape index (κ2) is 8.23. The van der Waals surface area contributed by atoms with Crippen LogP contribution in [0.1, 0.15) is 47.3 Å². The first kappa shape index (κ1) is 20.8. The number of nitrogens with zero attached hydrogens (tertiary/aromatic N) is 2. The van der Waals surface area contributed by atoms with Crippen molar-refractivity contribution in [3.63, 3.8) is 0 Å². The minimum absolute atomic E-state index is 0.233. The number of rotatable bonds is 3. The van der Waals surface area contributed by atoms with Gasteiger partial charge in [0.25, 0.3) is 5.91 Å². The van der Waals surface area contributed by atoms with Gasteiger partial charge in [-0.1, -0.05) is 13.0 Å². The van der Waals surface area contributed by atoms with Crippen LogP contribution in [0.25, 0.3) is 0 Å². The summed E-state index contributed by atoms with van der Waals surface area (Å²) in [6.45, 7) is 9.93. The van der Waals surface area contributed by atoms with Gasteiger partial charge in [0, 0.05) is 12.1 Å². The van der Waals surface area contributed by atoms with Crippen LogP contribution in [0.2, 0.25) is 0 Å². The molecular formula is C23H27FN2O3. The molecule has 6 heteroatoms. The van der Waals surface area contributed by atoms with E-state index in [1.165, 1.54) is 6.07 Å². The van der Waals surface area contributed by atoms with E-state index < -0.39 is 11.9 Å². The van der Waals surface area contributed by atoms with E-state index in [9.17, 15) is 14.0 Å². The smallest absolute Gasteiger partial charge is 0.414 e. The quantitative estimate of drug-likeness (QED) is 0.718. The zero-order valence-electron chi connectivity index (χ0n) is 17.6. The van der Waals surface area contributed by atoms with Crippen LogP contribution in [0.3, 0.4) is 0 Å². The van der Waals surface area contributed by atoms with E-state index in [2.05, 4.69) is 0 Å². The highest BCUT2D eigenvalue weighted by Gasteiger charge is 2.37. The minimum atomic E-state index is -0.419. The fraction of sp³-hybridized carbons (Fsp3) is 0.391. The molecule has 1 unspecified atom stereocenters. The lowest BCUT2D eigenvalue weighted by atomic mass is 9.99. The van der Waals surface area contributed by atoms with Gasteiger partial charge in [-0.15, -0.1) is 0 Å². The summed E-state index contributed by atoms with van der Waals surface area (Å²) in [6, 6.07) is 8.11. The molecule has 0 aromatic heterocycles. The number of carbonyl (C=O) groups excluding carboxylic acids is 2. The molecule has 2 amide bonds. The molecule has 0 saturated heterocycles. The van der Waals surface area contributed by atoms with Crippen molar-refractivity contribution in [3.05, 3.63) is 58.4 Å². The van der Waals surface area contributed by atoms with E-state index in [4.69, 9.17) is 4.74 Å². The minimum Gasteiger partial charge on any atom is -0.449 e. The number of carbonyl (C=O) groups is 2. The molecule has 0 aliphatic carbocycles. The Bertz CT molecular complexity index is 957. The number of fused-ring (bicyclic) bond motifs is 1. The molecule has 0 radical (unpaired) electrons. The van der Waals surface area contributed by atoms with Gasteiger partial charge in [0.15, 0.2) is 0 Å². The summed E-state index contributed by atoms with van der Waals surface area (Å²) in [6.07, 6.45) is 0.231. The van der Waals surface area contributed by atoms with E-state index in [1.807, 2.05) is 32.9 Å². The van der Waals surface area contributed by atoms with Gasteiger partial charge >= 0.3 is 6.09 Å². The first-order chi connectivity index (χ1) is 13.8. The monoisotopic (exact) mass is 398 g/mol. The fourth-order valence-corrected chi connectivity index (χ4v) is 3.61. The Balaban J connectivity index is 2.12. The summed E-state index contributed by atoms with van der Waals surface area (Å²) >= 11 is 0. The Labute approximate surface area is 171 Å². The summed E-state index contributed by atoms with van der Waals surface area (Å²) < 4.78 is 19.4. The molecule has 0 saturated carbocycles. The molecule has 1 aliphatic rings. The van der Waals surface area contributed by atoms with E-state index in [0.717, 1.165) is 11.1 Å². The number of anilines is 2. The van der Waals surface area contributed by atoms with Gasteiger partial charge in [-0.2, -0.15) is 0 Å². The highest BCUT2D eigenvalue weighted by molar-refractivity contribution is 6.10. The van der Waals surface area contributed by atoms with Gasteiger partial charge in [0.05, 0.1) is 24.0 Å². The first-order valence-corrected chi connectivity index (χ1v) is 9.93. The molecule has 2 aromatic rings. The summed E-state index contributed by atoms with van der Waals surface area (Å²) in [7, 11) is 0. The van der Waals surface area contributed by atoms with Crippen molar-refractivity contribution in [1.82, 2.24) is 0 Å². The summed E-state index contributed by atoms with van der Waals surface area (Å²) in [5, 5.41) is 0. The van der Waals surface area contributed by atoms with E-state index in [-0.39, 0.29) is 24.1 Å². The zero-order chi connectivity index (χ0) is 21.3. The van der Waals surface area contributed by atoms with Crippen LogP contribution in [-0.4, -0.2) is 31.2 Å². The number of halogens is 1. The van der Waals surface area contributed by atoms with Crippen LogP contribution >= 0.6 is 0 Å². The van der Waals surface area contributed by atoms with Gasteiger partial charge in [-0.3, -0.25) is 9.69 Å². The van der Waals surface area contributed by atoms with E-state index in [0.29, 0.717) is 29.9 Å². The molecule has 2 aromatic carbocycles. The second-order valence-electron chi connectivity index (χ2n) is 7.44. The van der Waals surface area contributed by atoms with Crippen LogP contribution in [0.5, 0.6) is 0 Å². The van der Waals surface area contributed by atoms with Crippen molar-refractivity contribution in [1.29, 1.82) is 0 Å². The SMILES string of the molecule is CCOC(=O)N1c2cc(C)c(C)cc2N(C(=O)c2ccc(C)c(F)c2)CC1CC. The Morgan fingerprint density at radius 1 is 1.03 bits per heavy atom. The largest absolute Gasteiger partial charge is 0.449 e. The lowest BCUT2D eigenvalue weighted by Crippen LogP contribution is -2.53. The number of benzene rings is 2. The zero-order valence-corrected chi connectivity index (χ0v) is 17.6. The maximum Gasteiger partial charge on any atom is 0.414 e. The molecule has 0 spiro atoms. The third kappa shape index (κ3) is 3.84. The molecule has 0 N–H and O–H groups in total. The van der Waals surface area contributed by atoms with Gasteiger partial charge in [-0.05, 0) is 75.1 Å². The maximum atomic E-state index is 14.1. The summed E-state index contributed by atoms with van der Waals surface area (Å²) in [5.41, 5.74) is 4.09. The molecule has 5 nitrogen and oxygen atoms in total. The maximum absolute atomic E-state index is 14.1. The molecule has 0 fully saturated rings. The van der Waals surface area contributed by atoms with Crippen molar-refractivity contribution in [2.45, 2.75) is 47.1 Å². The lowest BCUT2D eigenvalue weighted by molar-refractivity contribution is 0.0981. The number of amides is 2.